The number of amides is 1. The van der Waals surface area contributed by atoms with Gasteiger partial charge in [0.15, 0.2) is 0 Å². The van der Waals surface area contributed by atoms with Gasteiger partial charge in [0.25, 0.3) is 5.91 Å². The third-order valence-electron chi connectivity index (χ3n) is 4.24. The molecule has 156 valence electrons. The Morgan fingerprint density at radius 1 is 1.18 bits per heavy atom. The summed E-state index contributed by atoms with van der Waals surface area (Å²) in [6.45, 7) is 5.86. The van der Waals surface area contributed by atoms with E-state index in [4.69, 9.17) is 16.3 Å². The van der Waals surface area contributed by atoms with Crippen LogP contribution in [0.2, 0.25) is 5.02 Å². The van der Waals surface area contributed by atoms with Crippen molar-refractivity contribution in [2.45, 2.75) is 50.5 Å². The number of hydrogen-bond donors (Lipinski definition) is 0. The Hall–Kier alpha value is -1.64. The smallest absolute Gasteiger partial charge is 0.326 e. The highest BCUT2D eigenvalue weighted by molar-refractivity contribution is 7.89. The molecule has 1 heterocycles. The Morgan fingerprint density at radius 2 is 1.79 bits per heavy atom. The first-order valence-electron chi connectivity index (χ1n) is 9.19. The zero-order valence-corrected chi connectivity index (χ0v) is 18.3. The molecule has 1 saturated heterocycles. The average Bonchev–Trinajstić information content (AvgIpc) is 2.60. The Labute approximate surface area is 171 Å². The Morgan fingerprint density at radius 3 is 2.36 bits per heavy atom. The summed E-state index contributed by atoms with van der Waals surface area (Å²) >= 11 is 6.14. The molecule has 1 aromatic rings. The number of halogens is 1. The number of carbonyl (C=O) groups excluding carboxylic acids is 2. The molecule has 0 spiro atoms. The van der Waals surface area contributed by atoms with Crippen LogP contribution < -0.4 is 0 Å². The van der Waals surface area contributed by atoms with E-state index in [9.17, 15) is 18.0 Å². The molecule has 28 heavy (non-hydrogen) atoms. The lowest BCUT2D eigenvalue weighted by atomic mass is 10.2. The van der Waals surface area contributed by atoms with Gasteiger partial charge in [0.05, 0.1) is 5.02 Å². The molecule has 9 heteroatoms. The highest BCUT2D eigenvalue weighted by Gasteiger charge is 2.29. The number of rotatable bonds is 5. The van der Waals surface area contributed by atoms with Gasteiger partial charge < -0.3 is 9.64 Å². The summed E-state index contributed by atoms with van der Waals surface area (Å²) < 4.78 is 32.5. The maximum absolute atomic E-state index is 12.9. The summed E-state index contributed by atoms with van der Waals surface area (Å²) in [5.41, 5.74) is -0.511. The van der Waals surface area contributed by atoms with Crippen molar-refractivity contribution in [3.63, 3.8) is 0 Å². The standard InChI is InChI=1S/C19H27ClN2O5S/c1-19(2,3)27-17(23)13-21(4)18(24)14-8-9-15(20)16(12-14)28(25,26)22-10-6-5-7-11-22/h8-9,12H,5-7,10-11,13H2,1-4H3. The molecule has 0 unspecified atom stereocenters. The van der Waals surface area contributed by atoms with Gasteiger partial charge in [-0.25, -0.2) is 8.42 Å². The van der Waals surface area contributed by atoms with Gasteiger partial charge in [-0.05, 0) is 51.8 Å². The SMILES string of the molecule is CN(CC(=O)OC(C)(C)C)C(=O)c1ccc(Cl)c(S(=O)(=O)N2CCCCC2)c1. The second kappa shape index (κ2) is 8.80. The van der Waals surface area contributed by atoms with Gasteiger partial charge in [0, 0.05) is 25.7 Å². The van der Waals surface area contributed by atoms with Crippen molar-refractivity contribution >= 4 is 33.5 Å². The van der Waals surface area contributed by atoms with E-state index in [1.54, 1.807) is 20.8 Å². The van der Waals surface area contributed by atoms with Crippen LogP contribution in [-0.2, 0) is 19.6 Å². The Kier molecular flexibility index (Phi) is 7.12. The number of sulfonamides is 1. The summed E-state index contributed by atoms with van der Waals surface area (Å²) in [7, 11) is -2.32. The molecule has 0 aliphatic carbocycles. The summed E-state index contributed by atoms with van der Waals surface area (Å²) in [6, 6.07) is 4.12. The highest BCUT2D eigenvalue weighted by atomic mass is 35.5. The third-order valence-corrected chi connectivity index (χ3v) is 6.62. The van der Waals surface area contributed by atoms with Gasteiger partial charge in [0.2, 0.25) is 10.0 Å². The fraction of sp³-hybridized carbons (Fsp3) is 0.579. The maximum atomic E-state index is 12.9. The third kappa shape index (κ3) is 5.68. The lowest BCUT2D eigenvalue weighted by molar-refractivity contribution is -0.155. The minimum atomic E-state index is -3.78. The number of nitrogens with zero attached hydrogens (tertiary/aromatic N) is 2. The Balaban J connectivity index is 2.21. The molecule has 1 fully saturated rings. The summed E-state index contributed by atoms with van der Waals surface area (Å²) in [5, 5.41) is 0.0666. The van der Waals surface area contributed by atoms with E-state index in [0.717, 1.165) is 19.3 Å². The predicted octanol–water partition coefficient (Wildman–Crippen LogP) is 2.93. The Bertz CT molecular complexity index is 842. The number of hydrogen-bond acceptors (Lipinski definition) is 5. The van der Waals surface area contributed by atoms with Crippen LogP contribution in [0, 0.1) is 0 Å². The van der Waals surface area contributed by atoms with Crippen molar-refractivity contribution in [1.29, 1.82) is 0 Å². The van der Waals surface area contributed by atoms with Gasteiger partial charge in [-0.3, -0.25) is 9.59 Å². The first-order valence-corrected chi connectivity index (χ1v) is 11.0. The maximum Gasteiger partial charge on any atom is 0.326 e. The quantitative estimate of drug-likeness (QED) is 0.670. The number of likely N-dealkylation sites (N-methyl/N-ethyl adjacent to an activating group) is 1. The summed E-state index contributed by atoms with van der Waals surface area (Å²) in [4.78, 5) is 25.7. The predicted molar refractivity (Wildman–Crippen MR) is 107 cm³/mol. The molecule has 0 radical (unpaired) electrons. The molecule has 0 saturated carbocycles. The van der Waals surface area contributed by atoms with Gasteiger partial charge >= 0.3 is 5.97 Å². The van der Waals surface area contributed by atoms with E-state index < -0.39 is 27.5 Å². The van der Waals surface area contributed by atoms with Crippen LogP contribution >= 0.6 is 11.6 Å². The van der Waals surface area contributed by atoms with Crippen LogP contribution in [0.4, 0.5) is 0 Å². The zero-order valence-electron chi connectivity index (χ0n) is 16.7. The van der Waals surface area contributed by atoms with E-state index in [1.165, 1.54) is 34.5 Å². The van der Waals surface area contributed by atoms with E-state index in [1.807, 2.05) is 0 Å². The molecule has 1 aliphatic rings. The molecular formula is C19H27ClN2O5S. The van der Waals surface area contributed by atoms with Crippen molar-refractivity contribution in [3.8, 4) is 0 Å². The molecule has 1 aliphatic heterocycles. The number of benzene rings is 1. The number of ether oxygens (including phenoxy) is 1. The first kappa shape index (κ1) is 22.6. The van der Waals surface area contributed by atoms with Crippen molar-refractivity contribution in [3.05, 3.63) is 28.8 Å². The van der Waals surface area contributed by atoms with Crippen LogP contribution in [0.1, 0.15) is 50.4 Å². The molecule has 1 amide bonds. The van der Waals surface area contributed by atoms with Crippen molar-refractivity contribution < 1.29 is 22.7 Å². The van der Waals surface area contributed by atoms with E-state index in [2.05, 4.69) is 0 Å². The van der Waals surface area contributed by atoms with Gasteiger partial charge in [-0.2, -0.15) is 4.31 Å². The zero-order chi connectivity index (χ0) is 21.1. The lowest BCUT2D eigenvalue weighted by Crippen LogP contribution is -2.37. The summed E-state index contributed by atoms with van der Waals surface area (Å²) in [5.74, 6) is -1.03. The fourth-order valence-electron chi connectivity index (χ4n) is 2.94. The van der Waals surface area contributed by atoms with E-state index >= 15 is 0 Å². The van der Waals surface area contributed by atoms with Crippen LogP contribution in [0.25, 0.3) is 0 Å². The van der Waals surface area contributed by atoms with Crippen LogP contribution in [-0.4, -0.2) is 61.8 Å². The fourth-order valence-corrected chi connectivity index (χ4v) is 4.96. The molecule has 0 aromatic heterocycles. The van der Waals surface area contributed by atoms with Crippen LogP contribution in [0.15, 0.2) is 23.1 Å². The second-order valence-electron chi connectivity index (χ2n) is 7.86. The van der Waals surface area contributed by atoms with Crippen LogP contribution in [0.3, 0.4) is 0 Å². The van der Waals surface area contributed by atoms with E-state index in [-0.39, 0.29) is 22.0 Å². The molecule has 1 aromatic carbocycles. The highest BCUT2D eigenvalue weighted by Crippen LogP contribution is 2.28. The molecule has 7 nitrogen and oxygen atoms in total. The molecule has 2 rings (SSSR count). The average molecular weight is 431 g/mol. The topological polar surface area (TPSA) is 84.0 Å². The normalized spacial score (nSPS) is 15.9. The van der Waals surface area contributed by atoms with Crippen molar-refractivity contribution in [2.24, 2.45) is 0 Å². The first-order chi connectivity index (χ1) is 12.9. The second-order valence-corrected chi connectivity index (χ2v) is 10.2. The van der Waals surface area contributed by atoms with Crippen molar-refractivity contribution in [2.75, 3.05) is 26.7 Å². The van der Waals surface area contributed by atoms with E-state index in [0.29, 0.717) is 13.1 Å². The number of carbonyl (C=O) groups is 2. The molecule has 0 bridgehead atoms. The number of piperidine rings is 1. The van der Waals surface area contributed by atoms with Crippen LogP contribution in [0.5, 0.6) is 0 Å². The molecular weight excluding hydrogens is 404 g/mol. The largest absolute Gasteiger partial charge is 0.459 e. The molecule has 0 atom stereocenters. The van der Waals surface area contributed by atoms with Crippen molar-refractivity contribution in [1.82, 2.24) is 9.21 Å². The minimum Gasteiger partial charge on any atom is -0.459 e. The lowest BCUT2D eigenvalue weighted by Gasteiger charge is -2.26. The van der Waals surface area contributed by atoms with Gasteiger partial charge in [0.1, 0.15) is 17.0 Å². The molecule has 0 N–H and O–H groups in total. The summed E-state index contributed by atoms with van der Waals surface area (Å²) in [6.07, 6.45) is 2.59. The van der Waals surface area contributed by atoms with Gasteiger partial charge in [-0.1, -0.05) is 18.0 Å². The monoisotopic (exact) mass is 430 g/mol. The number of esters is 1. The minimum absolute atomic E-state index is 0.0666. The van der Waals surface area contributed by atoms with Gasteiger partial charge in [-0.15, -0.1) is 0 Å².